The summed E-state index contributed by atoms with van der Waals surface area (Å²) in [5, 5.41) is 7.36. The zero-order chi connectivity index (χ0) is 19.9. The van der Waals surface area contributed by atoms with Crippen molar-refractivity contribution in [2.24, 2.45) is 0 Å². The molecule has 2 heterocycles. The Morgan fingerprint density at radius 3 is 2.61 bits per heavy atom. The Hall–Kier alpha value is -2.41. The lowest BCUT2D eigenvalue weighted by molar-refractivity contribution is 0.0952. The van der Waals surface area contributed by atoms with E-state index in [1.54, 1.807) is 4.57 Å². The molecule has 0 radical (unpaired) electrons. The van der Waals surface area contributed by atoms with Gasteiger partial charge in [-0.25, -0.2) is 9.48 Å². The number of nitrogens with one attached hydrogen (secondary N) is 1. The van der Waals surface area contributed by atoms with E-state index in [-0.39, 0.29) is 11.6 Å². The van der Waals surface area contributed by atoms with Gasteiger partial charge in [-0.1, -0.05) is 26.0 Å². The highest BCUT2D eigenvalue weighted by atomic mass is 16.2. The number of hydrogen-bond acceptors (Lipinski definition) is 4. The average Bonchev–Trinajstić information content (AvgIpc) is 3.05. The highest BCUT2D eigenvalue weighted by molar-refractivity contribution is 5.94. The number of amides is 1. The van der Waals surface area contributed by atoms with E-state index < -0.39 is 0 Å². The molecule has 0 saturated carbocycles. The second-order valence-electron chi connectivity index (χ2n) is 7.30. The van der Waals surface area contributed by atoms with Gasteiger partial charge in [0.2, 0.25) is 0 Å². The van der Waals surface area contributed by atoms with Crippen molar-refractivity contribution in [1.29, 1.82) is 0 Å². The predicted octanol–water partition coefficient (Wildman–Crippen LogP) is 2.04. The Morgan fingerprint density at radius 1 is 1.18 bits per heavy atom. The summed E-state index contributed by atoms with van der Waals surface area (Å²) >= 11 is 0. The first kappa shape index (κ1) is 20.3. The molecule has 1 N–H and O–H groups in total. The van der Waals surface area contributed by atoms with Crippen molar-refractivity contribution in [1.82, 2.24) is 24.6 Å². The second-order valence-corrected chi connectivity index (χ2v) is 7.30. The zero-order valence-electron chi connectivity index (χ0n) is 17.0. The van der Waals surface area contributed by atoms with Crippen molar-refractivity contribution in [3.05, 3.63) is 51.7 Å². The average molecular weight is 386 g/mol. The third-order valence-electron chi connectivity index (χ3n) is 5.38. The van der Waals surface area contributed by atoms with E-state index in [1.165, 1.54) is 10.2 Å². The van der Waals surface area contributed by atoms with Gasteiger partial charge in [-0.3, -0.25) is 14.3 Å². The molecule has 1 aliphatic heterocycles. The van der Waals surface area contributed by atoms with E-state index in [2.05, 4.69) is 29.2 Å². The molecule has 28 heavy (non-hydrogen) atoms. The summed E-state index contributed by atoms with van der Waals surface area (Å²) in [6, 6.07) is 7.79. The first-order valence-corrected chi connectivity index (χ1v) is 10.4. The number of carbonyl (C=O) groups is 1. The van der Waals surface area contributed by atoms with Gasteiger partial charge in [0, 0.05) is 38.2 Å². The Morgan fingerprint density at radius 2 is 1.93 bits per heavy atom. The molecule has 0 bridgehead atoms. The third-order valence-corrected chi connectivity index (χ3v) is 5.38. The lowest BCUT2D eigenvalue weighted by Gasteiger charge is -2.18. The van der Waals surface area contributed by atoms with E-state index in [0.29, 0.717) is 25.1 Å². The fourth-order valence-electron chi connectivity index (χ4n) is 3.59. The van der Waals surface area contributed by atoms with Crippen molar-refractivity contribution in [2.45, 2.75) is 59.2 Å². The number of rotatable bonds is 9. The van der Waals surface area contributed by atoms with Crippen molar-refractivity contribution in [3.63, 3.8) is 0 Å². The Balaban J connectivity index is 1.45. The van der Waals surface area contributed by atoms with Gasteiger partial charge in [-0.2, -0.15) is 5.10 Å². The Labute approximate surface area is 166 Å². The number of aromatic nitrogens is 3. The largest absolute Gasteiger partial charge is 0.352 e. The maximum Gasteiger partial charge on any atom is 0.345 e. The van der Waals surface area contributed by atoms with Crippen molar-refractivity contribution in [2.75, 3.05) is 19.6 Å². The lowest BCUT2D eigenvalue weighted by atomic mass is 10.1. The molecule has 1 aromatic heterocycles. The van der Waals surface area contributed by atoms with Crippen molar-refractivity contribution in [3.8, 4) is 0 Å². The molecule has 3 rings (SSSR count). The van der Waals surface area contributed by atoms with Gasteiger partial charge in [0.05, 0.1) is 0 Å². The van der Waals surface area contributed by atoms with Crippen LogP contribution in [0.2, 0.25) is 0 Å². The zero-order valence-corrected chi connectivity index (χ0v) is 17.0. The molecule has 0 aliphatic carbocycles. The Kier molecular flexibility index (Phi) is 7.03. The molecule has 0 saturated heterocycles. The summed E-state index contributed by atoms with van der Waals surface area (Å²) in [4.78, 5) is 26.9. The van der Waals surface area contributed by atoms with Crippen LogP contribution in [0.4, 0.5) is 0 Å². The summed E-state index contributed by atoms with van der Waals surface area (Å²) in [6.45, 7) is 9.06. The fraction of sp³-hybridized carbons (Fsp3) is 0.571. The topological polar surface area (TPSA) is 72.2 Å². The summed E-state index contributed by atoms with van der Waals surface area (Å²) in [6.07, 6.45) is 3.70. The number of aryl methyl sites for hydroxylation is 2. The maximum absolute atomic E-state index is 12.3. The van der Waals surface area contributed by atoms with Gasteiger partial charge in [-0.05, 0) is 50.0 Å². The minimum Gasteiger partial charge on any atom is -0.352 e. The molecule has 0 unspecified atom stereocenters. The minimum atomic E-state index is -0.0779. The first-order chi connectivity index (χ1) is 13.6. The van der Waals surface area contributed by atoms with Crippen LogP contribution < -0.4 is 11.0 Å². The number of hydrogen-bond donors (Lipinski definition) is 1. The van der Waals surface area contributed by atoms with Gasteiger partial charge in [0.15, 0.2) is 0 Å². The van der Waals surface area contributed by atoms with E-state index in [0.717, 1.165) is 51.3 Å². The summed E-state index contributed by atoms with van der Waals surface area (Å²) in [5.41, 5.74) is 1.85. The predicted molar refractivity (Wildman–Crippen MR) is 109 cm³/mol. The van der Waals surface area contributed by atoms with Crippen molar-refractivity contribution < 1.29 is 4.79 Å². The number of fused-ring (bicyclic) bond motifs is 1. The SMILES string of the molecule is CCN(CC)Cc1ccc(C(=O)NCCCn2nc3n(c2=O)CCCC3)cc1. The monoisotopic (exact) mass is 385 g/mol. The summed E-state index contributed by atoms with van der Waals surface area (Å²) < 4.78 is 3.32. The van der Waals surface area contributed by atoms with E-state index in [9.17, 15) is 9.59 Å². The Bertz CT molecular complexity index is 833. The van der Waals surface area contributed by atoms with Crippen LogP contribution in [0.5, 0.6) is 0 Å². The van der Waals surface area contributed by atoms with Crippen LogP contribution >= 0.6 is 0 Å². The maximum atomic E-state index is 12.3. The van der Waals surface area contributed by atoms with E-state index in [4.69, 9.17) is 0 Å². The van der Waals surface area contributed by atoms with Crippen LogP contribution in [0.15, 0.2) is 29.1 Å². The molecule has 1 aromatic carbocycles. The van der Waals surface area contributed by atoms with Crippen LogP contribution in [-0.2, 0) is 26.1 Å². The molecule has 2 aromatic rings. The van der Waals surface area contributed by atoms with Gasteiger partial charge < -0.3 is 5.32 Å². The number of nitrogens with zero attached hydrogens (tertiary/aromatic N) is 4. The van der Waals surface area contributed by atoms with Crippen LogP contribution in [0.3, 0.4) is 0 Å². The van der Waals surface area contributed by atoms with Crippen LogP contribution in [0.1, 0.15) is 54.9 Å². The molecule has 7 heteroatoms. The summed E-state index contributed by atoms with van der Waals surface area (Å²) in [5.74, 6) is 0.816. The fourth-order valence-corrected chi connectivity index (χ4v) is 3.59. The molecule has 7 nitrogen and oxygen atoms in total. The van der Waals surface area contributed by atoms with Crippen LogP contribution in [-0.4, -0.2) is 44.8 Å². The standard InChI is InChI=1S/C21H31N5O2/c1-3-24(4-2)16-17-9-11-18(12-10-17)20(27)22-13-7-15-26-21(28)25-14-6-5-8-19(25)23-26/h9-12H,3-8,13-16H2,1-2H3,(H,22,27). The van der Waals surface area contributed by atoms with E-state index in [1.807, 2.05) is 24.3 Å². The van der Waals surface area contributed by atoms with Gasteiger partial charge in [0.25, 0.3) is 5.91 Å². The van der Waals surface area contributed by atoms with Crippen LogP contribution in [0, 0.1) is 0 Å². The van der Waals surface area contributed by atoms with E-state index >= 15 is 0 Å². The third kappa shape index (κ3) is 4.90. The molecular formula is C21H31N5O2. The molecule has 0 spiro atoms. The second kappa shape index (κ2) is 9.68. The first-order valence-electron chi connectivity index (χ1n) is 10.4. The highest BCUT2D eigenvalue weighted by Gasteiger charge is 2.16. The normalized spacial score (nSPS) is 13.5. The molecule has 0 atom stereocenters. The highest BCUT2D eigenvalue weighted by Crippen LogP contribution is 2.10. The van der Waals surface area contributed by atoms with Gasteiger partial charge >= 0.3 is 5.69 Å². The molecule has 1 amide bonds. The number of benzene rings is 1. The quantitative estimate of drug-likeness (QED) is 0.671. The van der Waals surface area contributed by atoms with Crippen molar-refractivity contribution >= 4 is 5.91 Å². The molecule has 152 valence electrons. The number of carbonyl (C=O) groups excluding carboxylic acids is 1. The molecule has 0 fully saturated rings. The van der Waals surface area contributed by atoms with Gasteiger partial charge in [-0.15, -0.1) is 0 Å². The molecular weight excluding hydrogens is 354 g/mol. The lowest BCUT2D eigenvalue weighted by Crippen LogP contribution is -2.29. The molecule has 1 aliphatic rings. The van der Waals surface area contributed by atoms with Crippen LogP contribution in [0.25, 0.3) is 0 Å². The van der Waals surface area contributed by atoms with Gasteiger partial charge in [0.1, 0.15) is 5.82 Å². The smallest absolute Gasteiger partial charge is 0.345 e. The minimum absolute atomic E-state index is 0.0233. The summed E-state index contributed by atoms with van der Waals surface area (Å²) in [7, 11) is 0.